The van der Waals surface area contributed by atoms with Crippen LogP contribution >= 0.6 is 0 Å². The number of hydrogen-bond donors (Lipinski definition) is 2. The average Bonchev–Trinajstić information content (AvgIpc) is 2.53. The van der Waals surface area contributed by atoms with E-state index in [0.29, 0.717) is 5.75 Å². The summed E-state index contributed by atoms with van der Waals surface area (Å²) in [4.78, 5) is 0. The molecule has 2 heteroatoms. The number of aromatic hydroxyl groups is 2. The average molecular weight is 296 g/mol. The van der Waals surface area contributed by atoms with Gasteiger partial charge in [0.2, 0.25) is 0 Å². The quantitative estimate of drug-likeness (QED) is 0.531. The highest BCUT2D eigenvalue weighted by Crippen LogP contribution is 2.22. The lowest BCUT2D eigenvalue weighted by Gasteiger charge is -2.06. The summed E-state index contributed by atoms with van der Waals surface area (Å²) in [6.45, 7) is 2.20. The van der Waals surface area contributed by atoms with Crippen molar-refractivity contribution >= 4 is 12.2 Å². The van der Waals surface area contributed by atoms with E-state index in [2.05, 4.69) is 13.0 Å². The van der Waals surface area contributed by atoms with Gasteiger partial charge in [-0.3, -0.25) is 0 Å². The summed E-state index contributed by atoms with van der Waals surface area (Å²) in [5, 5.41) is 19.2. The van der Waals surface area contributed by atoms with Crippen molar-refractivity contribution in [3.63, 3.8) is 0 Å². The van der Waals surface area contributed by atoms with E-state index >= 15 is 0 Å². The van der Waals surface area contributed by atoms with E-state index in [9.17, 15) is 10.2 Å². The van der Waals surface area contributed by atoms with Crippen molar-refractivity contribution in [2.45, 2.75) is 39.0 Å². The molecule has 0 aromatic heterocycles. The third-order valence-electron chi connectivity index (χ3n) is 3.76. The minimum atomic E-state index is 0.274. The molecule has 0 aliphatic heterocycles. The van der Waals surface area contributed by atoms with Gasteiger partial charge in [-0.2, -0.15) is 0 Å². The molecule has 0 spiro atoms. The fourth-order valence-electron chi connectivity index (χ4n) is 2.43. The summed E-state index contributed by atoms with van der Waals surface area (Å²) >= 11 is 0. The lowest BCUT2D eigenvalue weighted by atomic mass is 10.0. The molecule has 0 unspecified atom stereocenters. The number of unbranched alkanes of at least 4 members (excludes halogenated alkanes) is 3. The number of rotatable bonds is 7. The van der Waals surface area contributed by atoms with Crippen LogP contribution in [0.3, 0.4) is 0 Å². The van der Waals surface area contributed by atoms with E-state index in [1.165, 1.54) is 19.3 Å². The van der Waals surface area contributed by atoms with Crippen LogP contribution in [0.5, 0.6) is 11.5 Å². The first-order chi connectivity index (χ1) is 10.7. The van der Waals surface area contributed by atoms with Gasteiger partial charge in [0.1, 0.15) is 11.5 Å². The van der Waals surface area contributed by atoms with Crippen LogP contribution in [0.15, 0.2) is 42.5 Å². The Morgan fingerprint density at radius 3 is 2.23 bits per heavy atom. The SMILES string of the molecule is CCCCCCc1cc(/C=C/c2ccc(O)cc2)ccc1O. The monoisotopic (exact) mass is 296 g/mol. The molecule has 0 amide bonds. The Morgan fingerprint density at radius 1 is 0.818 bits per heavy atom. The zero-order valence-corrected chi connectivity index (χ0v) is 13.1. The van der Waals surface area contributed by atoms with Crippen molar-refractivity contribution in [1.82, 2.24) is 0 Å². The van der Waals surface area contributed by atoms with Gasteiger partial charge in [-0.25, -0.2) is 0 Å². The molecule has 22 heavy (non-hydrogen) atoms. The van der Waals surface area contributed by atoms with Gasteiger partial charge < -0.3 is 10.2 Å². The third-order valence-corrected chi connectivity index (χ3v) is 3.76. The van der Waals surface area contributed by atoms with Gasteiger partial charge in [0.05, 0.1) is 0 Å². The van der Waals surface area contributed by atoms with Crippen LogP contribution in [-0.2, 0) is 6.42 Å². The molecule has 0 bridgehead atoms. The zero-order valence-electron chi connectivity index (χ0n) is 13.1. The van der Waals surface area contributed by atoms with Crippen LogP contribution in [0.25, 0.3) is 12.2 Å². The molecule has 0 heterocycles. The van der Waals surface area contributed by atoms with Gasteiger partial charge in [-0.1, -0.05) is 56.5 Å². The minimum Gasteiger partial charge on any atom is -0.508 e. The molecule has 2 nitrogen and oxygen atoms in total. The number of aryl methyl sites for hydroxylation is 1. The maximum absolute atomic E-state index is 9.96. The van der Waals surface area contributed by atoms with Crippen LogP contribution in [-0.4, -0.2) is 10.2 Å². The van der Waals surface area contributed by atoms with Gasteiger partial charge in [0.15, 0.2) is 0 Å². The Hall–Kier alpha value is -2.22. The highest BCUT2D eigenvalue weighted by molar-refractivity contribution is 5.70. The summed E-state index contributed by atoms with van der Waals surface area (Å²) in [6.07, 6.45) is 9.76. The number of phenols is 2. The van der Waals surface area contributed by atoms with Gasteiger partial charge in [-0.05, 0) is 53.8 Å². The molecule has 2 N–H and O–H groups in total. The molecule has 2 aromatic carbocycles. The highest BCUT2D eigenvalue weighted by Gasteiger charge is 2.02. The van der Waals surface area contributed by atoms with E-state index in [1.807, 2.05) is 30.4 Å². The maximum Gasteiger partial charge on any atom is 0.118 e. The molecule has 0 radical (unpaired) electrons. The molecule has 2 rings (SSSR count). The molecule has 0 atom stereocenters. The molecular weight excluding hydrogens is 272 g/mol. The minimum absolute atomic E-state index is 0.274. The smallest absolute Gasteiger partial charge is 0.118 e. The first-order valence-electron chi connectivity index (χ1n) is 7.98. The van der Waals surface area contributed by atoms with Crippen LogP contribution in [0.4, 0.5) is 0 Å². The topological polar surface area (TPSA) is 40.5 Å². The van der Waals surface area contributed by atoms with Crippen molar-refractivity contribution < 1.29 is 10.2 Å². The second-order valence-electron chi connectivity index (χ2n) is 5.62. The van der Waals surface area contributed by atoms with Crippen molar-refractivity contribution in [2.24, 2.45) is 0 Å². The van der Waals surface area contributed by atoms with Crippen LogP contribution in [0.1, 0.15) is 49.3 Å². The third kappa shape index (κ3) is 4.96. The van der Waals surface area contributed by atoms with E-state index in [-0.39, 0.29) is 5.75 Å². The summed E-state index contributed by atoms with van der Waals surface area (Å²) in [5.74, 6) is 0.662. The van der Waals surface area contributed by atoms with Crippen LogP contribution in [0.2, 0.25) is 0 Å². The Bertz CT molecular complexity index is 612. The molecule has 0 saturated carbocycles. The largest absolute Gasteiger partial charge is 0.508 e. The lowest BCUT2D eigenvalue weighted by molar-refractivity contribution is 0.466. The number of hydrogen-bond acceptors (Lipinski definition) is 2. The molecule has 0 aliphatic carbocycles. The van der Waals surface area contributed by atoms with Crippen molar-refractivity contribution in [1.29, 1.82) is 0 Å². The van der Waals surface area contributed by atoms with Gasteiger partial charge in [0.25, 0.3) is 0 Å². The number of phenolic OH excluding ortho intramolecular Hbond substituents is 2. The predicted molar refractivity (Wildman–Crippen MR) is 93.0 cm³/mol. The summed E-state index contributed by atoms with van der Waals surface area (Å²) < 4.78 is 0. The standard InChI is InChI=1S/C20H24O2/c1-2-3-4-5-6-18-15-17(11-14-20(18)22)8-7-16-9-12-19(21)13-10-16/h7-15,21-22H,2-6H2,1H3/b8-7+. The number of benzene rings is 2. The van der Waals surface area contributed by atoms with E-state index in [1.54, 1.807) is 18.2 Å². The van der Waals surface area contributed by atoms with Crippen LogP contribution in [0, 0.1) is 0 Å². The Kier molecular flexibility index (Phi) is 6.08. The molecule has 0 saturated heterocycles. The predicted octanol–water partition coefficient (Wildman–Crippen LogP) is 5.39. The Labute approximate surface area is 132 Å². The molecular formula is C20H24O2. The van der Waals surface area contributed by atoms with Crippen molar-refractivity contribution in [3.8, 4) is 11.5 Å². The first kappa shape index (κ1) is 16.2. The van der Waals surface area contributed by atoms with Crippen molar-refractivity contribution in [2.75, 3.05) is 0 Å². The van der Waals surface area contributed by atoms with Crippen molar-refractivity contribution in [3.05, 3.63) is 59.2 Å². The first-order valence-corrected chi connectivity index (χ1v) is 7.98. The maximum atomic E-state index is 9.96. The highest BCUT2D eigenvalue weighted by atomic mass is 16.3. The summed E-state index contributed by atoms with van der Waals surface area (Å²) in [6, 6.07) is 12.8. The fraction of sp³-hybridized carbons (Fsp3) is 0.300. The molecule has 116 valence electrons. The molecule has 2 aromatic rings. The van der Waals surface area contributed by atoms with E-state index in [0.717, 1.165) is 29.5 Å². The lowest BCUT2D eigenvalue weighted by Crippen LogP contribution is -1.88. The Morgan fingerprint density at radius 2 is 1.50 bits per heavy atom. The molecule has 0 aliphatic rings. The van der Waals surface area contributed by atoms with Gasteiger partial charge >= 0.3 is 0 Å². The normalized spacial score (nSPS) is 11.1. The Balaban J connectivity index is 2.03. The fourth-order valence-corrected chi connectivity index (χ4v) is 2.43. The summed E-state index contributed by atoms with van der Waals surface area (Å²) in [5.41, 5.74) is 3.13. The van der Waals surface area contributed by atoms with Crippen LogP contribution < -0.4 is 0 Å². The second-order valence-corrected chi connectivity index (χ2v) is 5.62. The molecule has 0 fully saturated rings. The van der Waals surface area contributed by atoms with E-state index in [4.69, 9.17) is 0 Å². The summed E-state index contributed by atoms with van der Waals surface area (Å²) in [7, 11) is 0. The van der Waals surface area contributed by atoms with Gasteiger partial charge in [-0.15, -0.1) is 0 Å². The van der Waals surface area contributed by atoms with E-state index < -0.39 is 0 Å². The van der Waals surface area contributed by atoms with Gasteiger partial charge in [0, 0.05) is 0 Å². The second kappa shape index (κ2) is 8.28. The zero-order chi connectivity index (χ0) is 15.8.